The molecule has 0 bridgehead atoms. The van der Waals surface area contributed by atoms with E-state index in [1.54, 1.807) is 13.0 Å². The molecule has 3 rings (SSSR count). The summed E-state index contributed by atoms with van der Waals surface area (Å²) in [6.45, 7) is 1.49. The number of urea groups is 1. The minimum Gasteiger partial charge on any atom is -0.329 e. The van der Waals surface area contributed by atoms with Gasteiger partial charge in [-0.15, -0.1) is 0 Å². The van der Waals surface area contributed by atoms with Crippen molar-refractivity contribution < 1.29 is 23.2 Å². The summed E-state index contributed by atoms with van der Waals surface area (Å²) >= 11 is 0. The van der Waals surface area contributed by atoms with Crippen LogP contribution in [0.2, 0.25) is 0 Å². The number of anilines is 1. The lowest BCUT2D eigenvalue weighted by Gasteiger charge is -2.24. The van der Waals surface area contributed by atoms with Crippen LogP contribution in [0.15, 0.2) is 42.5 Å². The predicted octanol–water partition coefficient (Wildman–Crippen LogP) is 2.37. The Labute approximate surface area is 154 Å². The molecule has 8 heteroatoms. The van der Waals surface area contributed by atoms with Gasteiger partial charge in [-0.1, -0.05) is 18.2 Å². The largest absolute Gasteiger partial charge is 0.329 e. The van der Waals surface area contributed by atoms with E-state index in [4.69, 9.17) is 0 Å². The average molecular weight is 373 g/mol. The molecule has 27 heavy (non-hydrogen) atoms. The molecule has 0 aliphatic carbocycles. The highest BCUT2D eigenvalue weighted by atomic mass is 19.1. The Morgan fingerprint density at radius 3 is 2.48 bits per heavy atom. The zero-order chi connectivity index (χ0) is 19.6. The molecule has 0 spiro atoms. The van der Waals surface area contributed by atoms with Crippen LogP contribution in [0.3, 0.4) is 0 Å². The third-order valence-corrected chi connectivity index (χ3v) is 4.22. The van der Waals surface area contributed by atoms with Crippen LogP contribution in [-0.4, -0.2) is 35.3 Å². The lowest BCUT2D eigenvalue weighted by atomic mass is 10.0. The quantitative estimate of drug-likeness (QED) is 0.790. The number of amides is 4. The van der Waals surface area contributed by atoms with E-state index in [-0.39, 0.29) is 18.7 Å². The van der Waals surface area contributed by atoms with Crippen LogP contribution in [0.4, 0.5) is 19.3 Å². The van der Waals surface area contributed by atoms with Gasteiger partial charge in [0.1, 0.15) is 17.7 Å². The molecule has 2 aromatic carbocycles. The highest BCUT2D eigenvalue weighted by molar-refractivity contribution is 6.07. The van der Waals surface area contributed by atoms with Gasteiger partial charge < -0.3 is 10.6 Å². The second-order valence-electron chi connectivity index (χ2n) is 6.24. The molecule has 0 aromatic heterocycles. The van der Waals surface area contributed by atoms with Gasteiger partial charge in [0.2, 0.25) is 5.91 Å². The molecule has 0 saturated carbocycles. The average Bonchev–Trinajstić information content (AvgIpc) is 2.95. The first-order valence-corrected chi connectivity index (χ1v) is 8.26. The lowest BCUT2D eigenvalue weighted by molar-refractivity contribution is -0.132. The van der Waals surface area contributed by atoms with Crippen LogP contribution in [0.25, 0.3) is 0 Å². The highest BCUT2D eigenvalue weighted by Gasteiger charge is 2.39. The van der Waals surface area contributed by atoms with Crippen molar-refractivity contribution >= 4 is 23.5 Å². The summed E-state index contributed by atoms with van der Waals surface area (Å²) in [5, 5.41) is 4.78. The third-order valence-electron chi connectivity index (χ3n) is 4.22. The Morgan fingerprint density at radius 1 is 1.19 bits per heavy atom. The zero-order valence-electron chi connectivity index (χ0n) is 14.5. The van der Waals surface area contributed by atoms with E-state index < -0.39 is 35.5 Å². The Hall–Kier alpha value is -3.29. The minimum absolute atomic E-state index is 0.0290. The fourth-order valence-corrected chi connectivity index (χ4v) is 2.83. The molecule has 6 nitrogen and oxygen atoms in total. The molecule has 1 fully saturated rings. The number of rotatable bonds is 5. The summed E-state index contributed by atoms with van der Waals surface area (Å²) in [6, 6.07) is 7.74. The van der Waals surface area contributed by atoms with Crippen molar-refractivity contribution in [2.45, 2.75) is 19.4 Å². The first-order valence-electron chi connectivity index (χ1n) is 8.26. The molecule has 1 aliphatic rings. The Bertz CT molecular complexity index is 884. The number of nitrogens with one attached hydrogen (secondary N) is 2. The van der Waals surface area contributed by atoms with E-state index in [2.05, 4.69) is 10.6 Å². The van der Waals surface area contributed by atoms with Gasteiger partial charge >= 0.3 is 6.03 Å². The smallest absolute Gasteiger partial charge is 0.325 e. The molecule has 1 atom stereocenters. The number of halogens is 2. The van der Waals surface area contributed by atoms with Crippen molar-refractivity contribution in [2.24, 2.45) is 0 Å². The number of hydrogen-bond donors (Lipinski definition) is 2. The van der Waals surface area contributed by atoms with E-state index in [0.717, 1.165) is 4.90 Å². The van der Waals surface area contributed by atoms with Gasteiger partial charge in [0.15, 0.2) is 0 Å². The number of aryl methyl sites for hydroxylation is 1. The topological polar surface area (TPSA) is 78.5 Å². The predicted molar refractivity (Wildman–Crippen MR) is 93.9 cm³/mol. The van der Waals surface area contributed by atoms with E-state index in [9.17, 15) is 23.2 Å². The number of carbonyl (C=O) groups excluding carboxylic acids is 3. The maximum absolute atomic E-state index is 14.1. The molecule has 140 valence electrons. The van der Waals surface area contributed by atoms with Crippen molar-refractivity contribution in [3.63, 3.8) is 0 Å². The van der Waals surface area contributed by atoms with Gasteiger partial charge in [-0.3, -0.25) is 9.59 Å². The second-order valence-corrected chi connectivity index (χ2v) is 6.24. The summed E-state index contributed by atoms with van der Waals surface area (Å²) in [5.41, 5.74) is 1.18. The summed E-state index contributed by atoms with van der Waals surface area (Å²) in [5.74, 6) is -2.35. The van der Waals surface area contributed by atoms with Crippen molar-refractivity contribution in [1.82, 2.24) is 10.2 Å². The fraction of sp³-hybridized carbons (Fsp3) is 0.211. The van der Waals surface area contributed by atoms with Gasteiger partial charge in [-0.05, 0) is 42.3 Å². The monoisotopic (exact) mass is 373 g/mol. The van der Waals surface area contributed by atoms with Crippen molar-refractivity contribution in [2.75, 3.05) is 11.9 Å². The molecule has 1 heterocycles. The van der Waals surface area contributed by atoms with Crippen LogP contribution in [0.5, 0.6) is 0 Å². The summed E-state index contributed by atoms with van der Waals surface area (Å²) in [7, 11) is 0. The van der Waals surface area contributed by atoms with Crippen LogP contribution >= 0.6 is 0 Å². The highest BCUT2D eigenvalue weighted by Crippen LogP contribution is 2.19. The van der Waals surface area contributed by atoms with E-state index in [0.29, 0.717) is 11.1 Å². The Balaban J connectivity index is 1.88. The van der Waals surface area contributed by atoms with Gasteiger partial charge in [0.05, 0.1) is 12.2 Å². The molecule has 4 amide bonds. The summed E-state index contributed by atoms with van der Waals surface area (Å²) < 4.78 is 27.2. The number of imide groups is 1. The standard InChI is InChI=1S/C19H17F2N3O3/c1-11-2-7-15(14(21)8-11)23-18(26)16(24-17(25)10-22-19(24)27)9-12-3-5-13(20)6-4-12/h2-8,16H,9-10H2,1H3,(H,22,27)(H,23,26). The molecule has 1 unspecified atom stereocenters. The second kappa shape index (κ2) is 7.53. The normalized spacial score (nSPS) is 14.9. The fourth-order valence-electron chi connectivity index (χ4n) is 2.83. The van der Waals surface area contributed by atoms with Gasteiger partial charge in [-0.25, -0.2) is 18.5 Å². The van der Waals surface area contributed by atoms with Gasteiger partial charge in [0.25, 0.3) is 5.91 Å². The molecular formula is C19H17F2N3O3. The van der Waals surface area contributed by atoms with Crippen molar-refractivity contribution in [3.8, 4) is 0 Å². The van der Waals surface area contributed by atoms with Crippen LogP contribution in [0, 0.1) is 18.6 Å². The van der Waals surface area contributed by atoms with Crippen LogP contribution in [0.1, 0.15) is 11.1 Å². The molecule has 1 saturated heterocycles. The minimum atomic E-state index is -1.20. The van der Waals surface area contributed by atoms with E-state index in [1.807, 2.05) is 0 Å². The molecule has 0 radical (unpaired) electrons. The van der Waals surface area contributed by atoms with Crippen molar-refractivity contribution in [3.05, 3.63) is 65.2 Å². The summed E-state index contributed by atoms with van der Waals surface area (Å²) in [4.78, 5) is 37.7. The maximum Gasteiger partial charge on any atom is 0.325 e. The Morgan fingerprint density at radius 2 is 1.89 bits per heavy atom. The van der Waals surface area contributed by atoms with Crippen LogP contribution in [-0.2, 0) is 16.0 Å². The molecule has 2 N–H and O–H groups in total. The molecule has 2 aromatic rings. The van der Waals surface area contributed by atoms with Crippen molar-refractivity contribution in [1.29, 1.82) is 0 Å². The molecule has 1 aliphatic heterocycles. The number of nitrogens with zero attached hydrogens (tertiary/aromatic N) is 1. The van der Waals surface area contributed by atoms with Gasteiger partial charge in [-0.2, -0.15) is 0 Å². The van der Waals surface area contributed by atoms with E-state index >= 15 is 0 Å². The number of benzene rings is 2. The zero-order valence-corrected chi connectivity index (χ0v) is 14.5. The maximum atomic E-state index is 14.1. The number of hydrogen-bond acceptors (Lipinski definition) is 3. The first-order chi connectivity index (χ1) is 12.8. The third kappa shape index (κ3) is 4.11. The van der Waals surface area contributed by atoms with Crippen LogP contribution < -0.4 is 10.6 Å². The number of carbonyl (C=O) groups is 3. The SMILES string of the molecule is Cc1ccc(NC(=O)C(Cc2ccc(F)cc2)N2C(=O)CNC2=O)c(F)c1. The molecular weight excluding hydrogens is 356 g/mol. The van der Waals surface area contributed by atoms with E-state index in [1.165, 1.54) is 36.4 Å². The lowest BCUT2D eigenvalue weighted by Crippen LogP contribution is -2.49. The Kier molecular flexibility index (Phi) is 5.16. The van der Waals surface area contributed by atoms with Gasteiger partial charge in [0, 0.05) is 6.42 Å². The first kappa shape index (κ1) is 18.5. The summed E-state index contributed by atoms with van der Waals surface area (Å²) in [6.07, 6.45) is -0.0290.